The Labute approximate surface area is 189 Å². The molecule has 0 saturated heterocycles. The fourth-order valence-electron chi connectivity index (χ4n) is 3.29. The van der Waals surface area contributed by atoms with Gasteiger partial charge in [0.25, 0.3) is 5.69 Å². The third-order valence-corrected chi connectivity index (χ3v) is 5.63. The standard InChI is InChI=1S/C24H20N4O3S/c1-32-22-13-9-19(10-14-22)25-23(29)15-18-16-27(20-5-3-2-4-6-20)26-24(18)17-7-11-21(12-8-17)28(30)31/h2-14,16H,15H2,1H3,(H,25,29). The minimum Gasteiger partial charge on any atom is -0.326 e. The summed E-state index contributed by atoms with van der Waals surface area (Å²) in [6.45, 7) is 0. The van der Waals surface area contributed by atoms with Gasteiger partial charge in [0.1, 0.15) is 0 Å². The number of nitrogens with zero attached hydrogens (tertiary/aromatic N) is 3. The molecule has 4 rings (SSSR count). The van der Waals surface area contributed by atoms with E-state index in [0.717, 1.165) is 21.8 Å². The quantitative estimate of drug-likeness (QED) is 0.236. The van der Waals surface area contributed by atoms with Gasteiger partial charge in [-0.05, 0) is 54.8 Å². The molecule has 0 bridgehead atoms. The molecule has 0 aliphatic carbocycles. The number of nitro groups is 1. The molecule has 160 valence electrons. The van der Waals surface area contributed by atoms with Crippen molar-refractivity contribution in [2.75, 3.05) is 11.6 Å². The molecule has 32 heavy (non-hydrogen) atoms. The lowest BCUT2D eigenvalue weighted by Gasteiger charge is -2.06. The van der Waals surface area contributed by atoms with E-state index in [0.29, 0.717) is 11.3 Å². The lowest BCUT2D eigenvalue weighted by atomic mass is 10.1. The SMILES string of the molecule is CSc1ccc(NC(=O)Cc2cn(-c3ccccc3)nc2-c2ccc([N+](=O)[O-])cc2)cc1. The average molecular weight is 445 g/mol. The van der Waals surface area contributed by atoms with Crippen LogP contribution in [0.25, 0.3) is 16.9 Å². The Balaban J connectivity index is 1.63. The number of carbonyl (C=O) groups is 1. The molecule has 0 fully saturated rings. The van der Waals surface area contributed by atoms with Crippen molar-refractivity contribution in [3.05, 3.63) is 101 Å². The molecule has 1 heterocycles. The van der Waals surface area contributed by atoms with Crippen molar-refractivity contribution in [3.63, 3.8) is 0 Å². The first kappa shape index (κ1) is 21.3. The van der Waals surface area contributed by atoms with Crippen molar-refractivity contribution in [3.8, 4) is 16.9 Å². The number of carbonyl (C=O) groups excluding carboxylic acids is 1. The van der Waals surface area contributed by atoms with E-state index >= 15 is 0 Å². The zero-order valence-electron chi connectivity index (χ0n) is 17.3. The van der Waals surface area contributed by atoms with Crippen molar-refractivity contribution < 1.29 is 9.72 Å². The number of anilines is 1. The monoisotopic (exact) mass is 444 g/mol. The molecule has 1 N–H and O–H groups in total. The molecule has 4 aromatic rings. The highest BCUT2D eigenvalue weighted by Gasteiger charge is 2.17. The maximum Gasteiger partial charge on any atom is 0.269 e. The summed E-state index contributed by atoms with van der Waals surface area (Å²) in [5.74, 6) is -0.169. The van der Waals surface area contributed by atoms with E-state index in [1.54, 1.807) is 28.6 Å². The number of thioether (sulfide) groups is 1. The van der Waals surface area contributed by atoms with Crippen LogP contribution in [0.4, 0.5) is 11.4 Å². The summed E-state index contributed by atoms with van der Waals surface area (Å²) >= 11 is 1.64. The number of hydrogen-bond acceptors (Lipinski definition) is 5. The molecule has 1 amide bonds. The fourth-order valence-corrected chi connectivity index (χ4v) is 3.70. The van der Waals surface area contributed by atoms with E-state index in [4.69, 9.17) is 0 Å². The van der Waals surface area contributed by atoms with Gasteiger partial charge in [-0.2, -0.15) is 5.10 Å². The van der Waals surface area contributed by atoms with Crippen LogP contribution in [-0.2, 0) is 11.2 Å². The van der Waals surface area contributed by atoms with Gasteiger partial charge in [-0.3, -0.25) is 14.9 Å². The Morgan fingerprint density at radius 1 is 1.03 bits per heavy atom. The maximum absolute atomic E-state index is 12.8. The summed E-state index contributed by atoms with van der Waals surface area (Å²) in [6, 6.07) is 23.4. The van der Waals surface area contributed by atoms with Crippen LogP contribution in [-0.4, -0.2) is 26.9 Å². The van der Waals surface area contributed by atoms with Gasteiger partial charge in [0.2, 0.25) is 5.91 Å². The molecular weight excluding hydrogens is 424 g/mol. The first-order valence-electron chi connectivity index (χ1n) is 9.86. The van der Waals surface area contributed by atoms with E-state index < -0.39 is 4.92 Å². The summed E-state index contributed by atoms with van der Waals surface area (Å²) < 4.78 is 1.71. The van der Waals surface area contributed by atoms with Gasteiger partial charge >= 0.3 is 0 Å². The zero-order valence-corrected chi connectivity index (χ0v) is 18.1. The third-order valence-electron chi connectivity index (χ3n) is 4.89. The summed E-state index contributed by atoms with van der Waals surface area (Å²) in [4.78, 5) is 24.4. The second-order valence-electron chi connectivity index (χ2n) is 7.04. The molecule has 0 atom stereocenters. The van der Waals surface area contributed by atoms with Gasteiger partial charge in [-0.1, -0.05) is 18.2 Å². The van der Waals surface area contributed by atoms with Crippen LogP contribution in [0, 0.1) is 10.1 Å². The number of non-ortho nitro benzene ring substituents is 1. The van der Waals surface area contributed by atoms with Crippen molar-refractivity contribution in [1.82, 2.24) is 9.78 Å². The second-order valence-corrected chi connectivity index (χ2v) is 7.92. The largest absolute Gasteiger partial charge is 0.326 e. The Morgan fingerprint density at radius 2 is 1.72 bits per heavy atom. The maximum atomic E-state index is 12.8. The third kappa shape index (κ3) is 4.87. The Kier molecular flexibility index (Phi) is 6.32. The number of amides is 1. The number of hydrogen-bond donors (Lipinski definition) is 1. The number of nitro benzene ring substituents is 1. The predicted octanol–water partition coefficient (Wildman–Crippen LogP) is 5.35. The van der Waals surface area contributed by atoms with Crippen LogP contribution in [0.2, 0.25) is 0 Å². The molecular formula is C24H20N4O3S. The second kappa shape index (κ2) is 9.49. The van der Waals surface area contributed by atoms with Crippen LogP contribution in [0.15, 0.2) is 90.0 Å². The van der Waals surface area contributed by atoms with Gasteiger partial charge in [0, 0.05) is 40.0 Å². The van der Waals surface area contributed by atoms with E-state index in [1.165, 1.54) is 12.1 Å². The summed E-state index contributed by atoms with van der Waals surface area (Å²) in [5.41, 5.74) is 3.62. The Hall–Kier alpha value is -3.91. The van der Waals surface area contributed by atoms with Gasteiger partial charge in [-0.25, -0.2) is 4.68 Å². The van der Waals surface area contributed by atoms with Gasteiger partial charge in [0.05, 0.1) is 22.7 Å². The lowest BCUT2D eigenvalue weighted by Crippen LogP contribution is -2.14. The number of rotatable bonds is 7. The average Bonchev–Trinajstić information content (AvgIpc) is 3.23. The summed E-state index contributed by atoms with van der Waals surface area (Å²) in [7, 11) is 0. The van der Waals surface area contributed by atoms with Crippen LogP contribution in [0.1, 0.15) is 5.56 Å². The molecule has 0 saturated carbocycles. The van der Waals surface area contributed by atoms with E-state index in [9.17, 15) is 14.9 Å². The minimum atomic E-state index is -0.441. The zero-order chi connectivity index (χ0) is 22.5. The topological polar surface area (TPSA) is 90.1 Å². The van der Waals surface area contributed by atoms with E-state index in [1.807, 2.05) is 67.0 Å². The van der Waals surface area contributed by atoms with Crippen LogP contribution in [0.5, 0.6) is 0 Å². The van der Waals surface area contributed by atoms with Gasteiger partial charge < -0.3 is 5.32 Å². The summed E-state index contributed by atoms with van der Waals surface area (Å²) in [5, 5.41) is 18.6. The highest BCUT2D eigenvalue weighted by Crippen LogP contribution is 2.27. The number of nitrogens with one attached hydrogen (secondary N) is 1. The first-order chi connectivity index (χ1) is 15.5. The van der Waals surface area contributed by atoms with E-state index in [2.05, 4.69) is 10.4 Å². The molecule has 0 aliphatic heterocycles. The Morgan fingerprint density at radius 3 is 2.34 bits per heavy atom. The normalized spacial score (nSPS) is 10.7. The van der Waals surface area contributed by atoms with Crippen molar-refractivity contribution in [2.45, 2.75) is 11.3 Å². The van der Waals surface area contributed by atoms with Crippen LogP contribution < -0.4 is 5.32 Å². The molecule has 0 radical (unpaired) electrons. The molecule has 1 aromatic heterocycles. The smallest absolute Gasteiger partial charge is 0.269 e. The molecule has 3 aromatic carbocycles. The number of aromatic nitrogens is 2. The number of para-hydroxylation sites is 1. The fraction of sp³-hybridized carbons (Fsp3) is 0.0833. The number of benzene rings is 3. The molecule has 7 nitrogen and oxygen atoms in total. The van der Waals surface area contributed by atoms with Crippen LogP contribution >= 0.6 is 11.8 Å². The highest BCUT2D eigenvalue weighted by molar-refractivity contribution is 7.98. The lowest BCUT2D eigenvalue weighted by molar-refractivity contribution is -0.384. The molecule has 0 aliphatic rings. The summed E-state index contributed by atoms with van der Waals surface area (Å²) in [6.07, 6.45) is 3.93. The predicted molar refractivity (Wildman–Crippen MR) is 126 cm³/mol. The first-order valence-corrected chi connectivity index (χ1v) is 11.1. The van der Waals surface area contributed by atoms with Gasteiger partial charge in [-0.15, -0.1) is 11.8 Å². The molecule has 0 unspecified atom stereocenters. The molecule has 0 spiro atoms. The van der Waals surface area contributed by atoms with Gasteiger partial charge in [0.15, 0.2) is 0 Å². The van der Waals surface area contributed by atoms with Crippen molar-refractivity contribution in [2.24, 2.45) is 0 Å². The van der Waals surface area contributed by atoms with Crippen molar-refractivity contribution in [1.29, 1.82) is 0 Å². The van der Waals surface area contributed by atoms with Crippen molar-refractivity contribution >= 4 is 29.0 Å². The highest BCUT2D eigenvalue weighted by atomic mass is 32.2. The molecule has 8 heteroatoms. The minimum absolute atomic E-state index is 0.00391. The van der Waals surface area contributed by atoms with E-state index in [-0.39, 0.29) is 18.0 Å². The Bertz CT molecular complexity index is 1240. The van der Waals surface area contributed by atoms with Crippen LogP contribution in [0.3, 0.4) is 0 Å².